The van der Waals surface area contributed by atoms with E-state index in [1.165, 1.54) is 16.9 Å². The zero-order valence-corrected chi connectivity index (χ0v) is 9.10. The number of nitrogens with zero attached hydrogens (tertiary/aromatic N) is 1. The summed E-state index contributed by atoms with van der Waals surface area (Å²) < 4.78 is -0.119. The second kappa shape index (κ2) is 3.67. The van der Waals surface area contributed by atoms with Crippen LogP contribution >= 0.6 is 11.8 Å². The Bertz CT molecular complexity index is 374. The van der Waals surface area contributed by atoms with Crippen molar-refractivity contribution in [2.75, 3.05) is 0 Å². The van der Waals surface area contributed by atoms with E-state index in [2.05, 4.69) is 25.1 Å². The summed E-state index contributed by atoms with van der Waals surface area (Å²) in [5.41, 5.74) is 1.28. The number of hydrogen-bond donors (Lipinski definition) is 0. The fraction of sp³-hybridized carbons (Fsp3) is 0.417. The van der Waals surface area contributed by atoms with Crippen molar-refractivity contribution in [1.82, 2.24) is 0 Å². The van der Waals surface area contributed by atoms with Crippen LogP contribution in [0.4, 0.5) is 0 Å². The molecule has 0 spiro atoms. The van der Waals surface area contributed by atoms with Gasteiger partial charge in [0.1, 0.15) is 4.75 Å². The summed E-state index contributed by atoms with van der Waals surface area (Å²) in [6, 6.07) is 10.7. The Morgan fingerprint density at radius 3 is 2.57 bits per heavy atom. The van der Waals surface area contributed by atoms with Gasteiger partial charge in [-0.2, -0.15) is 5.26 Å². The molecular formula is C12H13NS. The lowest BCUT2D eigenvalue weighted by atomic mass is 9.86. The summed E-state index contributed by atoms with van der Waals surface area (Å²) in [5.74, 6) is 0. The molecule has 0 aromatic heterocycles. The summed E-state index contributed by atoms with van der Waals surface area (Å²) in [7, 11) is 0. The minimum Gasteiger partial charge on any atom is -0.197 e. The number of thioether (sulfide) groups is 1. The topological polar surface area (TPSA) is 23.8 Å². The number of aryl methyl sites for hydroxylation is 1. The molecule has 0 unspecified atom stereocenters. The van der Waals surface area contributed by atoms with Crippen LogP contribution in [0.25, 0.3) is 0 Å². The van der Waals surface area contributed by atoms with Gasteiger partial charge in [-0.05, 0) is 37.8 Å². The largest absolute Gasteiger partial charge is 0.197 e. The van der Waals surface area contributed by atoms with Gasteiger partial charge in [0.2, 0.25) is 0 Å². The summed E-state index contributed by atoms with van der Waals surface area (Å²) in [6.45, 7) is 2.10. The minimum atomic E-state index is -0.119. The average Bonchev–Trinajstić information content (AvgIpc) is 2.14. The van der Waals surface area contributed by atoms with Gasteiger partial charge < -0.3 is 0 Å². The maximum absolute atomic E-state index is 9.12. The van der Waals surface area contributed by atoms with E-state index in [4.69, 9.17) is 5.26 Å². The fourth-order valence-corrected chi connectivity index (χ4v) is 2.95. The predicted octanol–water partition coefficient (Wildman–Crippen LogP) is 3.53. The molecule has 1 saturated carbocycles. The van der Waals surface area contributed by atoms with Crippen LogP contribution in [0, 0.1) is 18.3 Å². The van der Waals surface area contributed by atoms with E-state index in [-0.39, 0.29) is 4.75 Å². The molecule has 14 heavy (non-hydrogen) atoms. The molecule has 1 aromatic rings. The van der Waals surface area contributed by atoms with Crippen LogP contribution in [0.5, 0.6) is 0 Å². The smallest absolute Gasteiger partial charge is 0.107 e. The van der Waals surface area contributed by atoms with Crippen molar-refractivity contribution in [3.8, 4) is 6.07 Å². The number of hydrogen-bond acceptors (Lipinski definition) is 2. The molecule has 0 heterocycles. The first-order valence-corrected chi connectivity index (χ1v) is 5.73. The van der Waals surface area contributed by atoms with Crippen molar-refractivity contribution in [3.63, 3.8) is 0 Å². The van der Waals surface area contributed by atoms with Gasteiger partial charge in [-0.25, -0.2) is 0 Å². The molecule has 2 heteroatoms. The van der Waals surface area contributed by atoms with E-state index in [1.54, 1.807) is 11.8 Å². The van der Waals surface area contributed by atoms with Crippen molar-refractivity contribution in [3.05, 3.63) is 29.8 Å². The first-order valence-electron chi connectivity index (χ1n) is 4.92. The average molecular weight is 203 g/mol. The van der Waals surface area contributed by atoms with Crippen LogP contribution < -0.4 is 0 Å². The monoisotopic (exact) mass is 203 g/mol. The number of rotatable bonds is 2. The summed E-state index contributed by atoms with van der Waals surface area (Å²) in [6.07, 6.45) is 3.29. The van der Waals surface area contributed by atoms with Crippen molar-refractivity contribution < 1.29 is 0 Å². The first-order chi connectivity index (χ1) is 6.76. The van der Waals surface area contributed by atoms with Gasteiger partial charge in [-0.1, -0.05) is 18.2 Å². The third-order valence-corrected chi connectivity index (χ3v) is 4.33. The molecule has 0 atom stereocenters. The second-order valence-corrected chi connectivity index (χ2v) is 5.25. The van der Waals surface area contributed by atoms with Gasteiger partial charge in [-0.3, -0.25) is 0 Å². The fourth-order valence-electron chi connectivity index (χ4n) is 1.62. The van der Waals surface area contributed by atoms with Gasteiger partial charge in [-0.15, -0.1) is 11.8 Å². The molecule has 1 aliphatic carbocycles. The maximum atomic E-state index is 9.12. The van der Waals surface area contributed by atoms with Crippen molar-refractivity contribution in [2.45, 2.75) is 35.8 Å². The van der Waals surface area contributed by atoms with Crippen molar-refractivity contribution >= 4 is 11.8 Å². The van der Waals surface area contributed by atoms with Crippen LogP contribution in [0.2, 0.25) is 0 Å². The SMILES string of the molecule is Cc1ccccc1SC1(C#N)CCC1. The predicted molar refractivity (Wildman–Crippen MR) is 59.2 cm³/mol. The Kier molecular flexibility index (Phi) is 2.52. The molecule has 1 aromatic carbocycles. The van der Waals surface area contributed by atoms with Gasteiger partial charge >= 0.3 is 0 Å². The lowest BCUT2D eigenvalue weighted by Crippen LogP contribution is -2.31. The summed E-state index contributed by atoms with van der Waals surface area (Å²) >= 11 is 1.74. The molecule has 1 nitrogen and oxygen atoms in total. The highest BCUT2D eigenvalue weighted by Gasteiger charge is 2.38. The maximum Gasteiger partial charge on any atom is 0.107 e. The minimum absolute atomic E-state index is 0.119. The molecule has 0 aliphatic heterocycles. The Morgan fingerprint density at radius 2 is 2.07 bits per heavy atom. The summed E-state index contributed by atoms with van der Waals surface area (Å²) in [5, 5.41) is 9.12. The lowest BCUT2D eigenvalue weighted by Gasteiger charge is -2.34. The highest BCUT2D eigenvalue weighted by atomic mass is 32.2. The number of benzene rings is 1. The Balaban J connectivity index is 2.19. The van der Waals surface area contributed by atoms with E-state index in [0.29, 0.717) is 0 Å². The van der Waals surface area contributed by atoms with E-state index in [1.807, 2.05) is 12.1 Å². The third-order valence-electron chi connectivity index (χ3n) is 2.76. The van der Waals surface area contributed by atoms with Crippen molar-refractivity contribution in [1.29, 1.82) is 5.26 Å². The Labute approximate surface area is 89.1 Å². The lowest BCUT2D eigenvalue weighted by molar-refractivity contribution is 0.440. The van der Waals surface area contributed by atoms with Gasteiger partial charge in [0.15, 0.2) is 0 Å². The molecule has 0 radical (unpaired) electrons. The molecule has 0 N–H and O–H groups in total. The van der Waals surface area contributed by atoms with E-state index in [0.717, 1.165) is 12.8 Å². The summed E-state index contributed by atoms with van der Waals surface area (Å²) in [4.78, 5) is 1.26. The van der Waals surface area contributed by atoms with Crippen LogP contribution in [-0.2, 0) is 0 Å². The van der Waals surface area contributed by atoms with E-state index in [9.17, 15) is 0 Å². The van der Waals surface area contributed by atoms with Crippen LogP contribution in [0.15, 0.2) is 29.2 Å². The van der Waals surface area contributed by atoms with E-state index < -0.39 is 0 Å². The highest BCUT2D eigenvalue weighted by molar-refractivity contribution is 8.01. The molecule has 0 amide bonds. The molecule has 72 valence electrons. The van der Waals surface area contributed by atoms with Crippen LogP contribution in [0.1, 0.15) is 24.8 Å². The van der Waals surface area contributed by atoms with Crippen molar-refractivity contribution in [2.24, 2.45) is 0 Å². The number of nitriles is 1. The molecule has 0 bridgehead atoms. The quantitative estimate of drug-likeness (QED) is 0.734. The zero-order valence-electron chi connectivity index (χ0n) is 8.29. The highest BCUT2D eigenvalue weighted by Crippen LogP contribution is 2.47. The molecule has 1 fully saturated rings. The second-order valence-electron chi connectivity index (χ2n) is 3.83. The first kappa shape index (κ1) is 9.61. The van der Waals surface area contributed by atoms with Gasteiger partial charge in [0, 0.05) is 4.90 Å². The van der Waals surface area contributed by atoms with Crippen LogP contribution in [-0.4, -0.2) is 4.75 Å². The van der Waals surface area contributed by atoms with E-state index >= 15 is 0 Å². The zero-order chi connectivity index (χ0) is 10.0. The molecule has 0 saturated heterocycles. The Hall–Kier alpha value is -0.940. The van der Waals surface area contributed by atoms with Gasteiger partial charge in [0.05, 0.1) is 6.07 Å². The Morgan fingerprint density at radius 1 is 1.36 bits per heavy atom. The molecule has 1 aliphatic rings. The van der Waals surface area contributed by atoms with Gasteiger partial charge in [0.25, 0.3) is 0 Å². The van der Waals surface area contributed by atoms with Crippen LogP contribution in [0.3, 0.4) is 0 Å². The third kappa shape index (κ3) is 1.65. The standard InChI is InChI=1S/C12H13NS/c1-10-5-2-3-6-11(10)14-12(9-13)7-4-8-12/h2-3,5-6H,4,7-8H2,1H3. The molecular weight excluding hydrogens is 190 g/mol. The molecule has 2 rings (SSSR count). The normalized spacial score (nSPS) is 18.3.